The summed E-state index contributed by atoms with van der Waals surface area (Å²) in [5, 5.41) is 14.2. The summed E-state index contributed by atoms with van der Waals surface area (Å²) < 4.78 is 5.00. The van der Waals surface area contributed by atoms with E-state index in [0.717, 1.165) is 28.8 Å². The third-order valence-corrected chi connectivity index (χ3v) is 5.43. The highest BCUT2D eigenvalue weighted by Crippen LogP contribution is 2.28. The summed E-state index contributed by atoms with van der Waals surface area (Å²) in [7, 11) is 0. The van der Waals surface area contributed by atoms with Gasteiger partial charge in [-0.1, -0.05) is 28.9 Å². The highest BCUT2D eigenvalue weighted by Gasteiger charge is 2.29. The van der Waals surface area contributed by atoms with Crippen molar-refractivity contribution in [3.05, 3.63) is 57.9 Å². The lowest BCUT2D eigenvalue weighted by atomic mass is 9.94. The fraction of sp³-hybridized carbons (Fsp3) is 0.350. The fourth-order valence-corrected chi connectivity index (χ4v) is 3.90. The molecule has 2 aromatic rings. The first-order chi connectivity index (χ1) is 13.2. The Kier molecular flexibility index (Phi) is 4.87. The Balaban J connectivity index is 1.44. The van der Waals surface area contributed by atoms with E-state index in [0.29, 0.717) is 49.6 Å². The molecule has 0 atom stereocenters. The van der Waals surface area contributed by atoms with E-state index in [1.54, 1.807) is 12.3 Å². The number of urea groups is 1. The summed E-state index contributed by atoms with van der Waals surface area (Å²) >= 11 is 6.06. The predicted octanol–water partition coefficient (Wildman–Crippen LogP) is 3.88. The van der Waals surface area contributed by atoms with Crippen molar-refractivity contribution >= 4 is 23.2 Å². The van der Waals surface area contributed by atoms with E-state index in [9.17, 15) is 10.1 Å². The molecule has 6 nitrogen and oxygen atoms in total. The van der Waals surface area contributed by atoms with Gasteiger partial charge in [0.2, 0.25) is 0 Å². The van der Waals surface area contributed by atoms with Crippen molar-refractivity contribution in [3.8, 4) is 6.07 Å². The van der Waals surface area contributed by atoms with Gasteiger partial charge >= 0.3 is 6.03 Å². The second-order valence-corrected chi connectivity index (χ2v) is 7.26. The van der Waals surface area contributed by atoms with Crippen LogP contribution in [0.15, 0.2) is 40.6 Å². The first-order valence-corrected chi connectivity index (χ1v) is 9.37. The van der Waals surface area contributed by atoms with Crippen molar-refractivity contribution in [1.29, 1.82) is 5.26 Å². The highest BCUT2D eigenvalue weighted by atomic mass is 35.5. The molecule has 1 saturated heterocycles. The molecule has 0 radical (unpaired) electrons. The number of hydrogen-bond donors (Lipinski definition) is 0. The number of rotatable bonds is 1. The number of amides is 2. The van der Waals surface area contributed by atoms with Gasteiger partial charge < -0.3 is 14.3 Å². The largest absolute Gasteiger partial charge is 0.364 e. The van der Waals surface area contributed by atoms with Crippen molar-refractivity contribution in [2.24, 2.45) is 0 Å². The minimum atomic E-state index is 0.0437. The standard InChI is InChI=1S/C20H19ClN4O2/c21-17-3-1-2-15(10-17)18(11-22)14-4-7-24(8-5-14)20(26)25-9-6-19-16(12-25)13-27-23-19/h1-3,10,13H,4-9,12H2. The molecular formula is C20H19ClN4O2. The molecule has 0 N–H and O–H groups in total. The van der Waals surface area contributed by atoms with Crippen LogP contribution in [0.1, 0.15) is 29.7 Å². The Bertz CT molecular complexity index is 933. The van der Waals surface area contributed by atoms with E-state index < -0.39 is 0 Å². The molecule has 2 amide bonds. The van der Waals surface area contributed by atoms with Crippen LogP contribution in [0.25, 0.3) is 5.57 Å². The molecule has 0 bridgehead atoms. The third-order valence-electron chi connectivity index (χ3n) is 5.19. The smallest absolute Gasteiger partial charge is 0.320 e. The van der Waals surface area contributed by atoms with Crippen LogP contribution in [0, 0.1) is 11.3 Å². The summed E-state index contributed by atoms with van der Waals surface area (Å²) in [4.78, 5) is 16.6. The molecule has 4 rings (SSSR count). The maximum Gasteiger partial charge on any atom is 0.320 e. The number of carbonyl (C=O) groups is 1. The van der Waals surface area contributed by atoms with Gasteiger partial charge in [-0.05, 0) is 36.1 Å². The molecule has 138 valence electrons. The number of halogens is 1. The molecule has 0 spiro atoms. The quantitative estimate of drug-likeness (QED) is 0.701. The Morgan fingerprint density at radius 2 is 1.96 bits per heavy atom. The number of hydrogen-bond acceptors (Lipinski definition) is 4. The molecule has 7 heteroatoms. The Labute approximate surface area is 162 Å². The van der Waals surface area contributed by atoms with Gasteiger partial charge in [-0.25, -0.2) is 4.79 Å². The van der Waals surface area contributed by atoms with Crippen molar-refractivity contribution in [1.82, 2.24) is 15.0 Å². The summed E-state index contributed by atoms with van der Waals surface area (Å²) in [6.45, 7) is 2.44. The molecule has 0 aliphatic carbocycles. The lowest BCUT2D eigenvalue weighted by Crippen LogP contribution is -2.47. The third kappa shape index (κ3) is 3.56. The lowest BCUT2D eigenvalue weighted by Gasteiger charge is -2.35. The van der Waals surface area contributed by atoms with Gasteiger partial charge in [0.05, 0.1) is 23.9 Å². The van der Waals surface area contributed by atoms with Crippen LogP contribution < -0.4 is 0 Å². The summed E-state index contributed by atoms with van der Waals surface area (Å²) in [6, 6.07) is 9.73. The first-order valence-electron chi connectivity index (χ1n) is 8.99. The fourth-order valence-electron chi connectivity index (χ4n) is 3.71. The summed E-state index contributed by atoms with van der Waals surface area (Å²) in [5.74, 6) is 0. The van der Waals surface area contributed by atoms with Gasteiger partial charge in [0.25, 0.3) is 0 Å². The number of carbonyl (C=O) groups excluding carboxylic acids is 1. The number of likely N-dealkylation sites (tertiary alicyclic amines) is 1. The minimum Gasteiger partial charge on any atom is -0.364 e. The van der Waals surface area contributed by atoms with Crippen molar-refractivity contribution in [3.63, 3.8) is 0 Å². The number of benzene rings is 1. The number of allylic oxidation sites excluding steroid dienone is 1. The molecule has 2 aliphatic heterocycles. The van der Waals surface area contributed by atoms with Crippen LogP contribution in [0.5, 0.6) is 0 Å². The van der Waals surface area contributed by atoms with Crippen molar-refractivity contribution in [2.45, 2.75) is 25.8 Å². The Morgan fingerprint density at radius 1 is 1.19 bits per heavy atom. The number of nitrogens with zero attached hydrogens (tertiary/aromatic N) is 4. The van der Waals surface area contributed by atoms with Crippen LogP contribution in [0.2, 0.25) is 5.02 Å². The predicted molar refractivity (Wildman–Crippen MR) is 101 cm³/mol. The van der Waals surface area contributed by atoms with Gasteiger partial charge in [-0.15, -0.1) is 0 Å². The zero-order chi connectivity index (χ0) is 18.8. The van der Waals surface area contributed by atoms with E-state index in [2.05, 4.69) is 11.2 Å². The lowest BCUT2D eigenvalue weighted by molar-refractivity contribution is 0.144. The minimum absolute atomic E-state index is 0.0437. The van der Waals surface area contributed by atoms with Crippen LogP contribution in [0.4, 0.5) is 4.79 Å². The zero-order valence-electron chi connectivity index (χ0n) is 14.8. The summed E-state index contributed by atoms with van der Waals surface area (Å²) in [5.41, 5.74) is 4.54. The molecule has 0 unspecified atom stereocenters. The van der Waals surface area contributed by atoms with Crippen LogP contribution in [-0.4, -0.2) is 40.6 Å². The highest BCUT2D eigenvalue weighted by molar-refractivity contribution is 6.30. The van der Waals surface area contributed by atoms with Crippen molar-refractivity contribution in [2.75, 3.05) is 19.6 Å². The van der Waals surface area contributed by atoms with Crippen LogP contribution in [-0.2, 0) is 13.0 Å². The molecule has 27 heavy (non-hydrogen) atoms. The molecule has 1 fully saturated rings. The Hall–Kier alpha value is -2.78. The van der Waals surface area contributed by atoms with E-state index >= 15 is 0 Å². The second kappa shape index (κ2) is 7.45. The molecule has 2 aliphatic rings. The number of fused-ring (bicyclic) bond motifs is 1. The van der Waals surface area contributed by atoms with E-state index in [1.807, 2.05) is 28.0 Å². The maximum atomic E-state index is 12.8. The van der Waals surface area contributed by atoms with Crippen molar-refractivity contribution < 1.29 is 9.32 Å². The monoisotopic (exact) mass is 382 g/mol. The van der Waals surface area contributed by atoms with Gasteiger partial charge in [0.1, 0.15) is 6.26 Å². The van der Waals surface area contributed by atoms with Crippen LogP contribution in [0.3, 0.4) is 0 Å². The van der Waals surface area contributed by atoms with Gasteiger partial charge in [-0.3, -0.25) is 0 Å². The van der Waals surface area contributed by atoms with Gasteiger partial charge in [0.15, 0.2) is 0 Å². The van der Waals surface area contributed by atoms with Crippen LogP contribution >= 0.6 is 11.6 Å². The average Bonchev–Trinajstić information content (AvgIpc) is 3.16. The molecule has 1 aromatic heterocycles. The molecule has 0 saturated carbocycles. The molecule has 1 aromatic carbocycles. The second-order valence-electron chi connectivity index (χ2n) is 6.83. The molecule has 3 heterocycles. The Morgan fingerprint density at radius 3 is 2.70 bits per heavy atom. The topological polar surface area (TPSA) is 73.4 Å². The maximum absolute atomic E-state index is 12.8. The molecular weight excluding hydrogens is 364 g/mol. The number of aromatic nitrogens is 1. The number of nitriles is 1. The number of piperidine rings is 1. The first kappa shape index (κ1) is 17.6. The normalized spacial score (nSPS) is 16.7. The van der Waals surface area contributed by atoms with Gasteiger partial charge in [-0.2, -0.15) is 5.26 Å². The zero-order valence-corrected chi connectivity index (χ0v) is 15.6. The van der Waals surface area contributed by atoms with E-state index in [-0.39, 0.29) is 6.03 Å². The van der Waals surface area contributed by atoms with E-state index in [4.69, 9.17) is 16.1 Å². The van der Waals surface area contributed by atoms with E-state index in [1.165, 1.54) is 0 Å². The van der Waals surface area contributed by atoms with Gasteiger partial charge in [0, 0.05) is 36.6 Å². The average molecular weight is 383 g/mol. The summed E-state index contributed by atoms with van der Waals surface area (Å²) in [6.07, 6.45) is 3.75. The SMILES string of the molecule is N#CC(=C1CCN(C(=O)N2CCc3nocc3C2)CC1)c1cccc(Cl)c1.